The van der Waals surface area contributed by atoms with Gasteiger partial charge in [0.15, 0.2) is 0 Å². The molecule has 2 amide bonds. The summed E-state index contributed by atoms with van der Waals surface area (Å²) in [4.78, 5) is 33.4. The van der Waals surface area contributed by atoms with Crippen LogP contribution in [0.4, 0.5) is 0 Å². The summed E-state index contributed by atoms with van der Waals surface area (Å²) < 4.78 is 0. The van der Waals surface area contributed by atoms with Gasteiger partial charge in [0.2, 0.25) is 11.8 Å². The Morgan fingerprint density at radius 2 is 1.32 bits per heavy atom. The molecule has 0 saturated heterocycles. The van der Waals surface area contributed by atoms with Crippen LogP contribution in [0.15, 0.2) is 12.2 Å². The second-order valence-corrected chi connectivity index (χ2v) is 7.50. The van der Waals surface area contributed by atoms with E-state index in [1.165, 1.54) is 76.7 Å². The number of nitrogens with one attached hydrogen (secondary N) is 1. The molecule has 0 aromatic heterocycles. The Bertz CT molecular complexity index is 463. The summed E-state index contributed by atoms with van der Waals surface area (Å²) in [5, 5.41) is 11.2. The standard InChI is InChI=1S/C22H40N2O4/c1-2-3-4-5-6-7-8-9-10-11-12-13-14-15-16-17-21(26)24-19(22(27)28)18-20(23)25/h16-17,19H,2-15,18H2,1H3,(H2,23,25)(H,24,26)(H,27,28)/t19-/m0/s1. The molecule has 0 aliphatic carbocycles. The minimum atomic E-state index is -1.27. The van der Waals surface area contributed by atoms with Gasteiger partial charge < -0.3 is 16.2 Å². The fourth-order valence-corrected chi connectivity index (χ4v) is 3.09. The van der Waals surface area contributed by atoms with Crippen molar-refractivity contribution in [3.05, 3.63) is 12.2 Å². The van der Waals surface area contributed by atoms with Gasteiger partial charge in [0.05, 0.1) is 6.42 Å². The van der Waals surface area contributed by atoms with Crippen molar-refractivity contribution in [3.8, 4) is 0 Å². The summed E-state index contributed by atoms with van der Waals surface area (Å²) in [6.45, 7) is 2.25. The molecule has 4 N–H and O–H groups in total. The van der Waals surface area contributed by atoms with Crippen molar-refractivity contribution < 1.29 is 19.5 Å². The molecule has 28 heavy (non-hydrogen) atoms. The molecule has 0 aromatic carbocycles. The topological polar surface area (TPSA) is 109 Å². The summed E-state index contributed by atoms with van der Waals surface area (Å²) in [5.41, 5.74) is 4.97. The molecule has 0 unspecified atom stereocenters. The van der Waals surface area contributed by atoms with Crippen LogP contribution in [0.3, 0.4) is 0 Å². The van der Waals surface area contributed by atoms with Gasteiger partial charge in [0.25, 0.3) is 0 Å². The minimum Gasteiger partial charge on any atom is -0.480 e. The van der Waals surface area contributed by atoms with Crippen LogP contribution in [-0.2, 0) is 14.4 Å². The summed E-state index contributed by atoms with van der Waals surface area (Å²) in [7, 11) is 0. The van der Waals surface area contributed by atoms with Gasteiger partial charge in [0.1, 0.15) is 6.04 Å². The predicted octanol–water partition coefficient (Wildman–Crippen LogP) is 4.47. The van der Waals surface area contributed by atoms with Crippen molar-refractivity contribution in [2.24, 2.45) is 5.73 Å². The van der Waals surface area contributed by atoms with Crippen LogP contribution in [0.25, 0.3) is 0 Å². The number of hydrogen-bond acceptors (Lipinski definition) is 3. The van der Waals surface area contributed by atoms with E-state index in [1.807, 2.05) is 0 Å². The second kappa shape index (κ2) is 18.5. The zero-order valence-corrected chi connectivity index (χ0v) is 17.6. The number of carbonyl (C=O) groups is 3. The van der Waals surface area contributed by atoms with E-state index < -0.39 is 30.2 Å². The first-order valence-corrected chi connectivity index (χ1v) is 11.0. The maximum absolute atomic E-state index is 11.7. The molecule has 6 heteroatoms. The Morgan fingerprint density at radius 3 is 1.75 bits per heavy atom. The zero-order chi connectivity index (χ0) is 21.0. The normalized spacial score (nSPS) is 12.2. The van der Waals surface area contributed by atoms with Crippen LogP contribution in [-0.4, -0.2) is 28.9 Å². The molecule has 6 nitrogen and oxygen atoms in total. The first-order chi connectivity index (χ1) is 13.5. The number of carboxylic acids is 1. The summed E-state index contributed by atoms with van der Waals surface area (Å²) >= 11 is 0. The number of aliphatic carboxylic acids is 1. The molecule has 162 valence electrons. The molecule has 0 rings (SSSR count). The number of hydrogen-bond donors (Lipinski definition) is 3. The zero-order valence-electron chi connectivity index (χ0n) is 17.6. The van der Waals surface area contributed by atoms with Gasteiger partial charge in [0, 0.05) is 0 Å². The van der Waals surface area contributed by atoms with Crippen molar-refractivity contribution in [2.75, 3.05) is 0 Å². The number of carbonyl (C=O) groups excluding carboxylic acids is 2. The first-order valence-electron chi connectivity index (χ1n) is 11.0. The molecule has 0 saturated carbocycles. The molecule has 1 atom stereocenters. The van der Waals surface area contributed by atoms with Crippen molar-refractivity contribution in [1.82, 2.24) is 5.32 Å². The second-order valence-electron chi connectivity index (χ2n) is 7.50. The quantitative estimate of drug-likeness (QED) is 0.221. The Kier molecular flexibility index (Phi) is 17.3. The first kappa shape index (κ1) is 26.1. The molecule has 0 spiro atoms. The summed E-state index contributed by atoms with van der Waals surface area (Å²) in [6, 6.07) is -1.27. The molecule has 0 aliphatic rings. The molecule has 0 fully saturated rings. The highest BCUT2D eigenvalue weighted by Crippen LogP contribution is 2.13. The summed E-state index contributed by atoms with van der Waals surface area (Å²) in [6.07, 6.45) is 20.3. The third-order valence-corrected chi connectivity index (χ3v) is 4.76. The third-order valence-electron chi connectivity index (χ3n) is 4.76. The monoisotopic (exact) mass is 396 g/mol. The number of unbranched alkanes of at least 4 members (excludes halogenated alkanes) is 13. The number of carboxylic acid groups (broad SMARTS) is 1. The van der Waals surface area contributed by atoms with Crippen molar-refractivity contribution >= 4 is 17.8 Å². The van der Waals surface area contributed by atoms with E-state index in [2.05, 4.69) is 12.2 Å². The molecule has 0 aromatic rings. The van der Waals surface area contributed by atoms with E-state index in [-0.39, 0.29) is 0 Å². The third kappa shape index (κ3) is 17.6. The van der Waals surface area contributed by atoms with Gasteiger partial charge in [-0.3, -0.25) is 9.59 Å². The van der Waals surface area contributed by atoms with Crippen LogP contribution in [0, 0.1) is 0 Å². The van der Waals surface area contributed by atoms with E-state index in [9.17, 15) is 14.4 Å². The smallest absolute Gasteiger partial charge is 0.326 e. The van der Waals surface area contributed by atoms with Gasteiger partial charge in [-0.2, -0.15) is 0 Å². The van der Waals surface area contributed by atoms with Gasteiger partial charge in [-0.25, -0.2) is 4.79 Å². The minimum absolute atomic E-state index is 0.409. The fourth-order valence-electron chi connectivity index (χ4n) is 3.09. The SMILES string of the molecule is CCCCCCCCCCCCCCCC=CC(=O)N[C@@H](CC(N)=O)C(=O)O. The van der Waals surface area contributed by atoms with Crippen LogP contribution in [0.2, 0.25) is 0 Å². The van der Waals surface area contributed by atoms with Crippen molar-refractivity contribution in [3.63, 3.8) is 0 Å². The highest BCUT2D eigenvalue weighted by Gasteiger charge is 2.20. The average molecular weight is 397 g/mol. The van der Waals surface area contributed by atoms with E-state index in [4.69, 9.17) is 10.8 Å². The maximum atomic E-state index is 11.7. The van der Waals surface area contributed by atoms with Crippen LogP contribution in [0.1, 0.15) is 103 Å². The van der Waals surface area contributed by atoms with E-state index >= 15 is 0 Å². The van der Waals surface area contributed by atoms with Gasteiger partial charge >= 0.3 is 5.97 Å². The van der Waals surface area contributed by atoms with E-state index in [0.717, 1.165) is 19.3 Å². The van der Waals surface area contributed by atoms with Gasteiger partial charge in [-0.15, -0.1) is 0 Å². The maximum Gasteiger partial charge on any atom is 0.326 e. The molecular formula is C22H40N2O4. The molecule has 0 heterocycles. The highest BCUT2D eigenvalue weighted by atomic mass is 16.4. The Balaban J connectivity index is 3.53. The number of amides is 2. The molecular weight excluding hydrogens is 356 g/mol. The van der Waals surface area contributed by atoms with Crippen molar-refractivity contribution in [2.45, 2.75) is 109 Å². The van der Waals surface area contributed by atoms with E-state index in [0.29, 0.717) is 0 Å². The number of allylic oxidation sites excluding steroid dienone is 1. The fraction of sp³-hybridized carbons (Fsp3) is 0.773. The number of nitrogens with two attached hydrogens (primary N) is 1. The predicted molar refractivity (Wildman–Crippen MR) is 113 cm³/mol. The Hall–Kier alpha value is -1.85. The average Bonchev–Trinajstić information content (AvgIpc) is 2.64. The lowest BCUT2D eigenvalue weighted by molar-refractivity contribution is -0.142. The number of rotatable bonds is 19. The lowest BCUT2D eigenvalue weighted by atomic mass is 10.0. The van der Waals surface area contributed by atoms with Crippen LogP contribution < -0.4 is 11.1 Å². The highest BCUT2D eigenvalue weighted by molar-refractivity contribution is 5.92. The summed E-state index contributed by atoms with van der Waals surface area (Å²) in [5.74, 6) is -2.54. The molecule has 0 bridgehead atoms. The Labute approximate surface area is 170 Å². The van der Waals surface area contributed by atoms with Crippen molar-refractivity contribution in [1.29, 1.82) is 0 Å². The van der Waals surface area contributed by atoms with E-state index in [1.54, 1.807) is 6.08 Å². The largest absolute Gasteiger partial charge is 0.480 e. The molecule has 0 aliphatic heterocycles. The lowest BCUT2D eigenvalue weighted by Crippen LogP contribution is -2.42. The van der Waals surface area contributed by atoms with Gasteiger partial charge in [-0.1, -0.05) is 90.0 Å². The lowest BCUT2D eigenvalue weighted by Gasteiger charge is -2.10. The van der Waals surface area contributed by atoms with Gasteiger partial charge in [-0.05, 0) is 18.9 Å². The Morgan fingerprint density at radius 1 is 0.857 bits per heavy atom. The van der Waals surface area contributed by atoms with Crippen LogP contribution >= 0.6 is 0 Å². The molecule has 0 radical (unpaired) electrons. The number of primary amides is 1. The van der Waals surface area contributed by atoms with Crippen LogP contribution in [0.5, 0.6) is 0 Å².